The van der Waals surface area contributed by atoms with Crippen molar-refractivity contribution < 1.29 is 0 Å². The molecule has 1 rings (SSSR count). The van der Waals surface area contributed by atoms with Gasteiger partial charge in [-0.2, -0.15) is 5.10 Å². The molecule has 0 bridgehead atoms. The number of aromatic nitrogens is 2. The molecule has 2 nitrogen and oxygen atoms in total. The molecule has 0 aromatic carbocycles. The van der Waals surface area contributed by atoms with Crippen LogP contribution in [-0.2, 0) is 19.4 Å². The molecule has 1 aromatic rings. The first kappa shape index (κ1) is 16.2. The van der Waals surface area contributed by atoms with Gasteiger partial charge in [-0.25, -0.2) is 0 Å². The van der Waals surface area contributed by atoms with Crippen molar-refractivity contribution in [2.45, 2.75) is 59.9 Å². The average molecular weight is 380 g/mol. The number of rotatable bonds is 7. The van der Waals surface area contributed by atoms with E-state index in [2.05, 4.69) is 69.3 Å². The minimum atomic E-state index is 0.348. The van der Waals surface area contributed by atoms with E-state index in [-0.39, 0.29) is 0 Å². The average Bonchev–Trinajstić information content (AvgIpc) is 2.72. The van der Waals surface area contributed by atoms with Gasteiger partial charge in [-0.1, -0.05) is 36.7 Å². The first-order valence-corrected chi connectivity index (χ1v) is 8.78. The van der Waals surface area contributed by atoms with Gasteiger partial charge in [0, 0.05) is 11.9 Å². The molecule has 0 aliphatic heterocycles. The molecular weight excluding hydrogens is 356 g/mol. The highest BCUT2D eigenvalue weighted by Gasteiger charge is 2.28. The monoisotopic (exact) mass is 378 g/mol. The van der Waals surface area contributed by atoms with Crippen molar-refractivity contribution in [3.8, 4) is 0 Å². The summed E-state index contributed by atoms with van der Waals surface area (Å²) < 4.78 is 3.38. The predicted molar refractivity (Wildman–Crippen MR) is 85.5 cm³/mol. The van der Waals surface area contributed by atoms with Crippen molar-refractivity contribution in [1.82, 2.24) is 9.78 Å². The molecule has 0 spiro atoms. The predicted octanol–water partition coefficient (Wildman–Crippen LogP) is 4.97. The summed E-state index contributed by atoms with van der Waals surface area (Å²) in [4.78, 5) is 0. The number of alkyl halides is 1. The number of hydrogen-bond donors (Lipinski definition) is 0. The summed E-state index contributed by atoms with van der Waals surface area (Å²) in [6, 6.07) is 0. The first-order valence-electron chi connectivity index (χ1n) is 6.87. The zero-order chi connectivity index (χ0) is 13.8. The van der Waals surface area contributed by atoms with Crippen molar-refractivity contribution in [1.29, 1.82) is 0 Å². The van der Waals surface area contributed by atoms with Crippen LogP contribution in [0.25, 0.3) is 0 Å². The van der Waals surface area contributed by atoms with Crippen molar-refractivity contribution in [2.24, 2.45) is 5.41 Å². The topological polar surface area (TPSA) is 17.8 Å². The summed E-state index contributed by atoms with van der Waals surface area (Å²) in [6.07, 6.45) is 4.46. The van der Waals surface area contributed by atoms with Crippen LogP contribution >= 0.6 is 31.9 Å². The molecule has 0 amide bonds. The van der Waals surface area contributed by atoms with E-state index in [1.54, 1.807) is 0 Å². The Morgan fingerprint density at radius 3 is 2.17 bits per heavy atom. The molecule has 0 aliphatic rings. The second kappa shape index (κ2) is 7.09. The third-order valence-corrected chi connectivity index (χ3v) is 6.12. The van der Waals surface area contributed by atoms with E-state index in [0.717, 1.165) is 24.7 Å². The molecule has 18 heavy (non-hydrogen) atoms. The van der Waals surface area contributed by atoms with Gasteiger partial charge >= 0.3 is 0 Å². The van der Waals surface area contributed by atoms with Gasteiger partial charge in [-0.3, -0.25) is 4.68 Å². The lowest BCUT2D eigenvalue weighted by Gasteiger charge is -2.29. The van der Waals surface area contributed by atoms with Crippen LogP contribution in [0.5, 0.6) is 0 Å². The van der Waals surface area contributed by atoms with Gasteiger partial charge in [0.15, 0.2) is 0 Å². The van der Waals surface area contributed by atoms with Gasteiger partial charge in [0.1, 0.15) is 0 Å². The largest absolute Gasteiger partial charge is 0.268 e. The molecule has 0 saturated heterocycles. The molecule has 0 atom stereocenters. The molecule has 1 aromatic heterocycles. The van der Waals surface area contributed by atoms with E-state index in [0.29, 0.717) is 5.41 Å². The van der Waals surface area contributed by atoms with Crippen LogP contribution in [0.2, 0.25) is 0 Å². The Bertz CT molecular complexity index is 373. The Balaban J connectivity index is 3.12. The lowest BCUT2D eigenvalue weighted by atomic mass is 9.80. The fourth-order valence-corrected chi connectivity index (χ4v) is 3.97. The summed E-state index contributed by atoms with van der Waals surface area (Å²) in [7, 11) is 0. The van der Waals surface area contributed by atoms with Crippen LogP contribution in [0.4, 0.5) is 0 Å². The van der Waals surface area contributed by atoms with Gasteiger partial charge < -0.3 is 0 Å². The van der Waals surface area contributed by atoms with Crippen molar-refractivity contribution in [3.05, 3.63) is 15.9 Å². The molecule has 0 saturated carbocycles. The van der Waals surface area contributed by atoms with Crippen LogP contribution in [-0.4, -0.2) is 15.1 Å². The molecule has 1 heterocycles. The lowest BCUT2D eigenvalue weighted by Crippen LogP contribution is -2.25. The summed E-state index contributed by atoms with van der Waals surface area (Å²) in [6.45, 7) is 9.84. The van der Waals surface area contributed by atoms with Crippen molar-refractivity contribution >= 4 is 31.9 Å². The minimum absolute atomic E-state index is 0.348. The fraction of sp³-hybridized carbons (Fsp3) is 0.786. The van der Waals surface area contributed by atoms with Crippen LogP contribution in [0, 0.1) is 5.41 Å². The Labute approximate surface area is 128 Å². The van der Waals surface area contributed by atoms with Gasteiger partial charge in [0.05, 0.1) is 15.9 Å². The Kier molecular flexibility index (Phi) is 6.39. The quantitative estimate of drug-likeness (QED) is 0.611. The fourth-order valence-electron chi connectivity index (χ4n) is 2.28. The molecular formula is C14H24Br2N2. The van der Waals surface area contributed by atoms with Gasteiger partial charge in [0.25, 0.3) is 0 Å². The highest BCUT2D eigenvalue weighted by atomic mass is 79.9. The molecule has 0 aliphatic carbocycles. The Morgan fingerprint density at radius 2 is 1.78 bits per heavy atom. The van der Waals surface area contributed by atoms with Crippen LogP contribution in [0.15, 0.2) is 4.47 Å². The maximum Gasteiger partial charge on any atom is 0.0766 e. The zero-order valence-electron chi connectivity index (χ0n) is 11.9. The van der Waals surface area contributed by atoms with Crippen LogP contribution < -0.4 is 0 Å². The van der Waals surface area contributed by atoms with E-state index in [4.69, 9.17) is 0 Å². The second-order valence-corrected chi connectivity index (χ2v) is 6.25. The summed E-state index contributed by atoms with van der Waals surface area (Å²) in [5.74, 6) is 0. The van der Waals surface area contributed by atoms with Gasteiger partial charge in [-0.15, -0.1) is 0 Å². The van der Waals surface area contributed by atoms with E-state index < -0.39 is 0 Å². The maximum absolute atomic E-state index is 4.69. The molecule has 0 fully saturated rings. The lowest BCUT2D eigenvalue weighted by molar-refractivity contribution is 0.297. The standard InChI is InChI=1S/C14H24Br2N2/c1-5-11-13(16)12(18(8-4)17-11)9-14(6-2,7-3)10-15/h5-10H2,1-4H3. The van der Waals surface area contributed by atoms with E-state index in [1.807, 2.05) is 0 Å². The SMILES string of the molecule is CCc1nn(CC)c(CC(CC)(CC)CBr)c1Br. The maximum atomic E-state index is 4.69. The third-order valence-electron chi connectivity index (χ3n) is 4.02. The molecule has 0 radical (unpaired) electrons. The number of aryl methyl sites for hydroxylation is 2. The molecule has 104 valence electrons. The minimum Gasteiger partial charge on any atom is -0.268 e. The number of hydrogen-bond acceptors (Lipinski definition) is 1. The van der Waals surface area contributed by atoms with E-state index >= 15 is 0 Å². The molecule has 4 heteroatoms. The van der Waals surface area contributed by atoms with E-state index in [9.17, 15) is 0 Å². The first-order chi connectivity index (χ1) is 8.57. The normalized spacial score (nSPS) is 12.1. The molecule has 0 unspecified atom stereocenters. The summed E-state index contributed by atoms with van der Waals surface area (Å²) >= 11 is 7.45. The van der Waals surface area contributed by atoms with Gasteiger partial charge in [0.2, 0.25) is 0 Å². The summed E-state index contributed by atoms with van der Waals surface area (Å²) in [5, 5.41) is 5.74. The second-order valence-electron chi connectivity index (χ2n) is 4.89. The van der Waals surface area contributed by atoms with E-state index in [1.165, 1.54) is 28.7 Å². The zero-order valence-corrected chi connectivity index (χ0v) is 15.1. The van der Waals surface area contributed by atoms with Crippen LogP contribution in [0.1, 0.15) is 51.9 Å². The Hall–Kier alpha value is 0.170. The highest BCUT2D eigenvalue weighted by molar-refractivity contribution is 9.10. The third kappa shape index (κ3) is 3.19. The highest BCUT2D eigenvalue weighted by Crippen LogP contribution is 2.36. The van der Waals surface area contributed by atoms with Crippen LogP contribution in [0.3, 0.4) is 0 Å². The smallest absolute Gasteiger partial charge is 0.0766 e. The number of halogens is 2. The van der Waals surface area contributed by atoms with Crippen molar-refractivity contribution in [3.63, 3.8) is 0 Å². The Morgan fingerprint density at radius 1 is 1.17 bits per heavy atom. The summed E-state index contributed by atoms with van der Waals surface area (Å²) in [5.41, 5.74) is 2.89. The van der Waals surface area contributed by atoms with Gasteiger partial charge in [-0.05, 0) is 54.0 Å². The van der Waals surface area contributed by atoms with Crippen molar-refractivity contribution in [2.75, 3.05) is 5.33 Å². The molecule has 0 N–H and O–H groups in total. The number of nitrogens with zero attached hydrogens (tertiary/aromatic N) is 2.